The standard InChI is InChI=1S/C89H156O3.H4O7P2/c1-18-22-26-30-34-38-42-46-50-54-58-62-87(17,75-69-78(84(8,9)10)81(90)66-72(75)5)88(63-59-55-51-47-43-39-35-31-27-23-19-2,64-60-56-52-48-44-40-36-32-28-24-20-3)89(65-61-57-53-49-45-41-37-33-29-25-21-4,76-70-79(85(11,12)13)82(91)67-73(76)6)77-71-80(86(14,15)16)83(92)68-74(77)7;1-8(2,3)7-9(4,5)6/h66-71,90-92H,18-65H2,1-17H3;(H2,1,2,3)(H2,4,5,6). The average molecular weight is 1450 g/mol. The minimum absolute atomic E-state index is 0.268. The molecule has 1 unspecified atom stereocenters. The molecule has 0 saturated carbocycles. The second kappa shape index (κ2) is 48.6. The van der Waals surface area contributed by atoms with E-state index in [0.29, 0.717) is 17.2 Å². The van der Waals surface area contributed by atoms with Crippen LogP contribution in [-0.2, 0) is 40.5 Å². The quantitative estimate of drug-likeness (QED) is 0.0212. The lowest BCUT2D eigenvalue weighted by molar-refractivity contribution is -0.000861. The Morgan fingerprint density at radius 1 is 0.277 bits per heavy atom. The first-order valence-corrected chi connectivity index (χ1v) is 45.0. The molecule has 0 bridgehead atoms. The van der Waals surface area contributed by atoms with Gasteiger partial charge in [0.1, 0.15) is 17.2 Å². The molecule has 0 fully saturated rings. The third-order valence-electron chi connectivity index (χ3n) is 22.9. The monoisotopic (exact) mass is 1450 g/mol. The highest BCUT2D eigenvalue weighted by Crippen LogP contribution is 2.68. The largest absolute Gasteiger partial charge is 0.508 e. The molecule has 0 heterocycles. The SMILES string of the molecule is CCCCCCCCCCCCCC(C)(c1cc(C(C)(C)C)c(O)cc1C)C(CCCCCCCCCCCCC)(CCCCCCCCCCCCC)C(CCCCCCCCCCCCC)(c1cc(C(C)(C)C)c(O)cc1C)c1cc(C(C)(C)C)c(O)cc1C.O=P(O)(O)OP(=O)(O)O. The van der Waals surface area contributed by atoms with Crippen LogP contribution in [0, 0.1) is 26.2 Å². The van der Waals surface area contributed by atoms with E-state index in [2.05, 4.69) is 158 Å². The molecule has 0 aliphatic heterocycles. The molecular formula is C89H160O10P2. The van der Waals surface area contributed by atoms with Gasteiger partial charge in [-0.2, -0.15) is 4.31 Å². The van der Waals surface area contributed by atoms with E-state index in [9.17, 15) is 24.4 Å². The normalized spacial score (nSPS) is 13.4. The fourth-order valence-electron chi connectivity index (χ4n) is 17.3. The van der Waals surface area contributed by atoms with Crippen molar-refractivity contribution in [1.82, 2.24) is 0 Å². The number of phenols is 3. The number of benzene rings is 3. The van der Waals surface area contributed by atoms with Crippen molar-refractivity contribution in [2.45, 2.75) is 453 Å². The molecule has 586 valence electrons. The van der Waals surface area contributed by atoms with Crippen molar-refractivity contribution in [3.05, 3.63) is 86.5 Å². The molecule has 12 heteroatoms. The fraction of sp³-hybridized carbons (Fsp3) is 0.798. The summed E-state index contributed by atoms with van der Waals surface area (Å²) in [6, 6.07) is 14.2. The lowest BCUT2D eigenvalue weighted by Crippen LogP contribution is -2.59. The van der Waals surface area contributed by atoms with E-state index in [1.165, 1.54) is 290 Å². The van der Waals surface area contributed by atoms with Gasteiger partial charge in [-0.1, -0.05) is 398 Å². The third-order valence-corrected chi connectivity index (χ3v) is 24.6. The predicted octanol–water partition coefficient (Wildman–Crippen LogP) is 28.8. The molecule has 1 atom stereocenters. The summed E-state index contributed by atoms with van der Waals surface area (Å²) in [5.74, 6) is 1.25. The summed E-state index contributed by atoms with van der Waals surface area (Å²) in [6.45, 7) is 40.0. The van der Waals surface area contributed by atoms with Gasteiger partial charge in [-0.15, -0.1) is 0 Å². The Bertz CT molecular complexity index is 2680. The first-order chi connectivity index (χ1) is 47.5. The van der Waals surface area contributed by atoms with Crippen molar-refractivity contribution in [3.8, 4) is 17.2 Å². The van der Waals surface area contributed by atoms with Crippen LogP contribution < -0.4 is 0 Å². The first-order valence-electron chi connectivity index (χ1n) is 41.9. The van der Waals surface area contributed by atoms with Crippen LogP contribution in [0.15, 0.2) is 36.4 Å². The van der Waals surface area contributed by atoms with Gasteiger partial charge in [0.2, 0.25) is 0 Å². The van der Waals surface area contributed by atoms with Crippen molar-refractivity contribution in [1.29, 1.82) is 0 Å². The van der Waals surface area contributed by atoms with E-state index < -0.39 is 21.1 Å². The molecule has 0 amide bonds. The number of aromatic hydroxyl groups is 3. The molecule has 101 heavy (non-hydrogen) atoms. The molecule has 0 aliphatic carbocycles. The third kappa shape index (κ3) is 34.0. The molecule has 3 aromatic rings. The summed E-state index contributed by atoms with van der Waals surface area (Å²) in [7, 11) is -10.1. The van der Waals surface area contributed by atoms with E-state index in [4.69, 9.17) is 19.6 Å². The summed E-state index contributed by atoms with van der Waals surface area (Å²) in [5.41, 5.74) is 8.87. The molecule has 0 aliphatic rings. The highest BCUT2D eigenvalue weighted by Gasteiger charge is 2.62. The van der Waals surface area contributed by atoms with Gasteiger partial charge in [0, 0.05) is 5.41 Å². The fourth-order valence-corrected chi connectivity index (χ4v) is 18.4. The van der Waals surface area contributed by atoms with E-state index in [-0.39, 0.29) is 27.1 Å². The number of hydrogen-bond acceptors (Lipinski definition) is 6. The van der Waals surface area contributed by atoms with Gasteiger partial charge in [-0.05, 0) is 142 Å². The van der Waals surface area contributed by atoms with Gasteiger partial charge >= 0.3 is 15.6 Å². The van der Waals surface area contributed by atoms with Crippen molar-refractivity contribution in [3.63, 3.8) is 0 Å². The molecule has 3 rings (SSSR count). The first kappa shape index (κ1) is 94.4. The number of rotatable bonds is 55. The predicted molar refractivity (Wildman–Crippen MR) is 435 cm³/mol. The Hall–Kier alpha value is -2.68. The minimum Gasteiger partial charge on any atom is -0.508 e. The summed E-state index contributed by atoms with van der Waals surface area (Å²) >= 11 is 0. The van der Waals surface area contributed by atoms with Crippen LogP contribution in [0.5, 0.6) is 17.2 Å². The summed E-state index contributed by atoms with van der Waals surface area (Å²) < 4.78 is 22.2. The van der Waals surface area contributed by atoms with Gasteiger partial charge < -0.3 is 34.9 Å². The van der Waals surface area contributed by atoms with E-state index in [0.717, 1.165) is 68.1 Å². The molecule has 0 aromatic heterocycles. The maximum Gasteiger partial charge on any atom is 0.478 e. The molecule has 10 nitrogen and oxygen atoms in total. The molecule has 0 saturated heterocycles. The zero-order valence-electron chi connectivity index (χ0n) is 68.7. The topological polar surface area (TPSA) is 185 Å². The van der Waals surface area contributed by atoms with Crippen LogP contribution >= 0.6 is 15.6 Å². The lowest BCUT2D eigenvalue weighted by atomic mass is 9.40. The summed E-state index contributed by atoms with van der Waals surface area (Å²) in [6.07, 6.45) is 61.9. The summed E-state index contributed by atoms with van der Waals surface area (Å²) in [5, 5.41) is 37.2. The zero-order valence-corrected chi connectivity index (χ0v) is 70.4. The maximum atomic E-state index is 12.5. The van der Waals surface area contributed by atoms with Crippen molar-refractivity contribution in [2.75, 3.05) is 0 Å². The van der Waals surface area contributed by atoms with Gasteiger partial charge in [0.15, 0.2) is 0 Å². The zero-order chi connectivity index (χ0) is 75.8. The number of aryl methyl sites for hydroxylation is 3. The van der Waals surface area contributed by atoms with Gasteiger partial charge in [0.05, 0.1) is 0 Å². The van der Waals surface area contributed by atoms with Crippen LogP contribution in [0.1, 0.15) is 455 Å². The van der Waals surface area contributed by atoms with E-state index in [1.807, 2.05) is 0 Å². The van der Waals surface area contributed by atoms with Crippen LogP contribution in [0.3, 0.4) is 0 Å². The average Bonchev–Trinajstić information content (AvgIpc) is 0.684. The number of phosphoric acid groups is 2. The molecule has 0 radical (unpaired) electrons. The van der Waals surface area contributed by atoms with Crippen LogP contribution in [0.4, 0.5) is 0 Å². The molecule has 0 spiro atoms. The van der Waals surface area contributed by atoms with Gasteiger partial charge in [-0.3, -0.25) is 0 Å². The molecule has 7 N–H and O–H groups in total. The Morgan fingerprint density at radius 3 is 0.693 bits per heavy atom. The van der Waals surface area contributed by atoms with E-state index >= 15 is 0 Å². The highest BCUT2D eigenvalue weighted by atomic mass is 31.3. The number of hydrogen-bond donors (Lipinski definition) is 7. The minimum atomic E-state index is -5.05. The lowest BCUT2D eigenvalue weighted by Gasteiger charge is -2.63. The van der Waals surface area contributed by atoms with Gasteiger partial charge in [0.25, 0.3) is 0 Å². The van der Waals surface area contributed by atoms with Crippen molar-refractivity contribution < 1.29 is 48.3 Å². The molecular weight excluding hydrogens is 1290 g/mol. The molecule has 3 aromatic carbocycles. The van der Waals surface area contributed by atoms with Crippen LogP contribution in [0.2, 0.25) is 0 Å². The second-order valence-electron chi connectivity index (χ2n) is 34.8. The maximum absolute atomic E-state index is 12.5. The Kier molecular flexibility index (Phi) is 45.4. The Labute approximate surface area is 622 Å². The van der Waals surface area contributed by atoms with E-state index in [1.54, 1.807) is 0 Å². The summed E-state index contributed by atoms with van der Waals surface area (Å²) in [4.78, 5) is 31.0. The van der Waals surface area contributed by atoms with Crippen molar-refractivity contribution >= 4 is 15.6 Å². The second-order valence-corrected chi connectivity index (χ2v) is 37.4. The Balaban J connectivity index is 0.00000358. The highest BCUT2D eigenvalue weighted by molar-refractivity contribution is 7.60. The van der Waals surface area contributed by atoms with Crippen molar-refractivity contribution in [2.24, 2.45) is 5.41 Å². The smallest absolute Gasteiger partial charge is 0.478 e. The number of phenolic OH excluding ortho intramolecular Hbond substituents is 3. The number of unbranched alkanes of at least 4 members (excludes halogenated alkanes) is 40. The Morgan fingerprint density at radius 2 is 0.475 bits per heavy atom. The van der Waals surface area contributed by atoms with Crippen LogP contribution in [0.25, 0.3) is 0 Å². The van der Waals surface area contributed by atoms with Crippen LogP contribution in [-0.4, -0.2) is 34.9 Å². The van der Waals surface area contributed by atoms with Gasteiger partial charge in [-0.25, -0.2) is 9.13 Å².